The molecule has 138 valence electrons. The molecule has 2 unspecified atom stereocenters. The maximum atomic E-state index is 13.2. The van der Waals surface area contributed by atoms with Crippen LogP contribution in [0.5, 0.6) is 0 Å². The van der Waals surface area contributed by atoms with E-state index in [0.29, 0.717) is 12.4 Å². The summed E-state index contributed by atoms with van der Waals surface area (Å²) >= 11 is 0. The number of rotatable bonds is 2. The zero-order chi connectivity index (χ0) is 19.0. The van der Waals surface area contributed by atoms with Crippen LogP contribution in [-0.4, -0.2) is 11.7 Å². The fourth-order valence-electron chi connectivity index (χ4n) is 3.79. The van der Waals surface area contributed by atoms with Gasteiger partial charge in [0.1, 0.15) is 11.6 Å². The smallest absolute Gasteiger partial charge is 0.200 e. The Hall–Kier alpha value is -2.95. The first-order chi connectivity index (χ1) is 12.9. The molecule has 1 aliphatic carbocycles. The minimum Gasteiger partial charge on any atom is -0.329 e. The molecule has 0 aromatic heterocycles. The molecule has 2 aromatic carbocycles. The van der Waals surface area contributed by atoms with Gasteiger partial charge in [-0.3, -0.25) is 4.79 Å². The maximum Gasteiger partial charge on any atom is 0.200 e. The lowest BCUT2D eigenvalue weighted by Gasteiger charge is -2.39. The van der Waals surface area contributed by atoms with Gasteiger partial charge in [-0.05, 0) is 35.2 Å². The number of carbonyl (C=O) groups excluding carboxylic acids is 1. The lowest BCUT2D eigenvalue weighted by molar-refractivity contribution is -0.124. The van der Waals surface area contributed by atoms with Crippen molar-refractivity contribution in [1.29, 1.82) is 0 Å². The van der Waals surface area contributed by atoms with Crippen LogP contribution in [0.25, 0.3) is 0 Å². The third kappa shape index (κ3) is 3.63. The van der Waals surface area contributed by atoms with Gasteiger partial charge in [0.05, 0.1) is 12.0 Å². The molecular formula is C22H22FN3O. The van der Waals surface area contributed by atoms with Crippen LogP contribution < -0.4 is 10.6 Å². The average Bonchev–Trinajstić information content (AvgIpc) is 2.62. The molecule has 2 aromatic rings. The SMILES string of the molecule is CC1(C)C=C2NC(Nc3ccc(F)cc3)=NC(c3ccccc3)C2C(=O)C1. The van der Waals surface area contributed by atoms with E-state index >= 15 is 0 Å². The van der Waals surface area contributed by atoms with Crippen LogP contribution in [0.15, 0.2) is 71.4 Å². The van der Waals surface area contributed by atoms with E-state index in [4.69, 9.17) is 4.99 Å². The highest BCUT2D eigenvalue weighted by molar-refractivity contribution is 5.98. The summed E-state index contributed by atoms with van der Waals surface area (Å²) in [6.45, 7) is 4.12. The van der Waals surface area contributed by atoms with E-state index in [-0.39, 0.29) is 29.0 Å². The van der Waals surface area contributed by atoms with Gasteiger partial charge in [0, 0.05) is 17.8 Å². The zero-order valence-electron chi connectivity index (χ0n) is 15.4. The largest absolute Gasteiger partial charge is 0.329 e. The minimum absolute atomic E-state index is 0.198. The predicted molar refractivity (Wildman–Crippen MR) is 105 cm³/mol. The molecule has 4 nitrogen and oxygen atoms in total. The van der Waals surface area contributed by atoms with Gasteiger partial charge in [-0.2, -0.15) is 0 Å². The van der Waals surface area contributed by atoms with Crippen molar-refractivity contribution in [2.24, 2.45) is 16.3 Å². The van der Waals surface area contributed by atoms with Crippen molar-refractivity contribution >= 4 is 17.4 Å². The molecule has 0 radical (unpaired) electrons. The van der Waals surface area contributed by atoms with Gasteiger partial charge in [-0.15, -0.1) is 0 Å². The number of hydrogen-bond donors (Lipinski definition) is 2. The third-order valence-corrected chi connectivity index (χ3v) is 4.95. The molecule has 27 heavy (non-hydrogen) atoms. The van der Waals surface area contributed by atoms with E-state index in [9.17, 15) is 9.18 Å². The van der Waals surface area contributed by atoms with Crippen molar-refractivity contribution in [2.75, 3.05) is 5.32 Å². The maximum absolute atomic E-state index is 13.2. The van der Waals surface area contributed by atoms with E-state index in [1.807, 2.05) is 30.3 Å². The van der Waals surface area contributed by atoms with Crippen molar-refractivity contribution in [1.82, 2.24) is 5.32 Å². The summed E-state index contributed by atoms with van der Waals surface area (Å²) in [5.41, 5.74) is 2.41. The highest BCUT2D eigenvalue weighted by Crippen LogP contribution is 2.42. The van der Waals surface area contributed by atoms with Crippen LogP contribution in [0.3, 0.4) is 0 Å². The zero-order valence-corrected chi connectivity index (χ0v) is 15.4. The number of allylic oxidation sites excluding steroid dienone is 1. The number of aliphatic imine (C=N–C) groups is 1. The molecule has 2 N–H and O–H groups in total. The third-order valence-electron chi connectivity index (χ3n) is 4.95. The Labute approximate surface area is 158 Å². The number of hydrogen-bond acceptors (Lipinski definition) is 4. The van der Waals surface area contributed by atoms with Gasteiger partial charge in [-0.25, -0.2) is 9.38 Å². The Morgan fingerprint density at radius 2 is 1.81 bits per heavy atom. The molecule has 0 saturated heterocycles. The first-order valence-electron chi connectivity index (χ1n) is 9.09. The minimum atomic E-state index is -0.306. The predicted octanol–water partition coefficient (Wildman–Crippen LogP) is 4.44. The van der Waals surface area contributed by atoms with Gasteiger partial charge < -0.3 is 10.6 Å². The van der Waals surface area contributed by atoms with E-state index in [2.05, 4.69) is 30.6 Å². The number of nitrogens with one attached hydrogen (secondary N) is 2. The fraction of sp³-hybridized carbons (Fsp3) is 0.273. The Bertz CT molecular complexity index is 916. The van der Waals surface area contributed by atoms with Crippen molar-refractivity contribution in [2.45, 2.75) is 26.3 Å². The lowest BCUT2D eigenvalue weighted by Crippen LogP contribution is -2.45. The summed E-state index contributed by atoms with van der Waals surface area (Å²) in [5.74, 6) is 0.162. The fourth-order valence-corrected chi connectivity index (χ4v) is 3.79. The first kappa shape index (κ1) is 17.5. The molecule has 5 heteroatoms. The van der Waals surface area contributed by atoms with Crippen LogP contribution >= 0.6 is 0 Å². The normalized spacial score (nSPS) is 23.6. The van der Waals surface area contributed by atoms with Gasteiger partial charge in [0.25, 0.3) is 0 Å². The molecule has 2 atom stereocenters. The molecule has 1 aliphatic heterocycles. The molecule has 0 bridgehead atoms. The topological polar surface area (TPSA) is 53.5 Å². The van der Waals surface area contributed by atoms with Crippen LogP contribution in [0.2, 0.25) is 0 Å². The van der Waals surface area contributed by atoms with E-state index in [0.717, 1.165) is 16.9 Å². The van der Waals surface area contributed by atoms with E-state index in [1.54, 1.807) is 12.1 Å². The average molecular weight is 363 g/mol. The molecule has 1 heterocycles. The molecule has 0 spiro atoms. The number of anilines is 1. The number of benzene rings is 2. The monoisotopic (exact) mass is 363 g/mol. The molecule has 0 fully saturated rings. The number of guanidine groups is 1. The number of ketones is 1. The van der Waals surface area contributed by atoms with Gasteiger partial charge in [0.2, 0.25) is 5.96 Å². The Kier molecular flexibility index (Phi) is 4.30. The molecular weight excluding hydrogens is 341 g/mol. The number of Topliss-reactive ketones (excluding diaryl/α,β-unsaturated/α-hetero) is 1. The second kappa shape index (κ2) is 6.65. The number of fused-ring (bicyclic) bond motifs is 1. The highest BCUT2D eigenvalue weighted by atomic mass is 19.1. The van der Waals surface area contributed by atoms with Crippen molar-refractivity contribution < 1.29 is 9.18 Å². The van der Waals surface area contributed by atoms with Crippen LogP contribution in [0, 0.1) is 17.2 Å². The molecule has 0 amide bonds. The standard InChI is InChI=1S/C22H22FN3O/c1-22(2)12-17-19(18(27)13-22)20(14-6-4-3-5-7-14)26-21(25-17)24-16-10-8-15(23)9-11-16/h3-12,19-20H,13H2,1-2H3,(H2,24,25,26). The Balaban J connectivity index is 1.74. The van der Waals surface area contributed by atoms with Crippen molar-refractivity contribution in [3.05, 3.63) is 77.8 Å². The lowest BCUT2D eigenvalue weighted by atomic mass is 9.72. The van der Waals surface area contributed by atoms with Crippen molar-refractivity contribution in [3.8, 4) is 0 Å². The quantitative estimate of drug-likeness (QED) is 0.829. The Morgan fingerprint density at radius 3 is 2.52 bits per heavy atom. The molecule has 4 rings (SSSR count). The summed E-state index contributed by atoms with van der Waals surface area (Å²) in [6.07, 6.45) is 2.64. The second-order valence-corrected chi connectivity index (χ2v) is 7.80. The number of carbonyl (C=O) groups is 1. The first-order valence-corrected chi connectivity index (χ1v) is 9.09. The van der Waals surface area contributed by atoms with Crippen molar-refractivity contribution in [3.63, 3.8) is 0 Å². The summed E-state index contributed by atoms with van der Waals surface area (Å²) in [5, 5.41) is 6.49. The van der Waals surface area contributed by atoms with Gasteiger partial charge in [0.15, 0.2) is 0 Å². The second-order valence-electron chi connectivity index (χ2n) is 7.80. The molecule has 0 saturated carbocycles. The summed E-state index contributed by atoms with van der Waals surface area (Å²) in [6, 6.07) is 15.7. The molecule has 2 aliphatic rings. The summed E-state index contributed by atoms with van der Waals surface area (Å²) < 4.78 is 13.2. The van der Waals surface area contributed by atoms with E-state index < -0.39 is 0 Å². The summed E-state index contributed by atoms with van der Waals surface area (Å²) in [4.78, 5) is 17.7. The van der Waals surface area contributed by atoms with Crippen LogP contribution in [0.4, 0.5) is 10.1 Å². The van der Waals surface area contributed by atoms with Crippen LogP contribution in [-0.2, 0) is 4.79 Å². The Morgan fingerprint density at radius 1 is 1.11 bits per heavy atom. The summed E-state index contributed by atoms with van der Waals surface area (Å²) in [7, 11) is 0. The van der Waals surface area contributed by atoms with Gasteiger partial charge in [-0.1, -0.05) is 50.3 Å². The number of nitrogens with zero attached hydrogens (tertiary/aromatic N) is 1. The van der Waals surface area contributed by atoms with Crippen LogP contribution in [0.1, 0.15) is 31.9 Å². The number of halogens is 1. The van der Waals surface area contributed by atoms with Gasteiger partial charge >= 0.3 is 0 Å². The highest BCUT2D eigenvalue weighted by Gasteiger charge is 2.42. The van der Waals surface area contributed by atoms with E-state index in [1.165, 1.54) is 12.1 Å².